The molecule has 3 aromatic carbocycles. The number of hydrogen-bond acceptors (Lipinski definition) is 1. The first-order valence-corrected chi connectivity index (χ1v) is 9.81. The van der Waals surface area contributed by atoms with Gasteiger partial charge in [-0.2, -0.15) is 0 Å². The Morgan fingerprint density at radius 2 is 1.33 bits per heavy atom. The van der Waals surface area contributed by atoms with Crippen LogP contribution in [0, 0.1) is 0 Å². The van der Waals surface area contributed by atoms with Crippen LogP contribution in [0.15, 0.2) is 84.9 Å². The monoisotopic (exact) mass is 333 g/mol. The van der Waals surface area contributed by atoms with Crippen molar-refractivity contribution in [3.63, 3.8) is 0 Å². The highest BCUT2D eigenvalue weighted by Gasteiger charge is 2.53. The van der Waals surface area contributed by atoms with Gasteiger partial charge in [0.15, 0.2) is 0 Å². The van der Waals surface area contributed by atoms with E-state index >= 15 is 0 Å². The third kappa shape index (κ3) is 1.90. The second-order valence-corrected chi connectivity index (χ2v) is 9.14. The Morgan fingerprint density at radius 3 is 2.00 bits per heavy atom. The molecule has 4 rings (SSSR count). The fourth-order valence-corrected chi connectivity index (χ4v) is 7.03. The highest BCUT2D eigenvalue weighted by Crippen LogP contribution is 2.61. The largest absolute Gasteiger partial charge is 0.296 e. The van der Waals surface area contributed by atoms with E-state index in [1.165, 1.54) is 0 Å². The van der Waals surface area contributed by atoms with E-state index in [1.54, 1.807) is 0 Å². The van der Waals surface area contributed by atoms with Crippen LogP contribution in [0.2, 0.25) is 0 Å². The molecule has 0 saturated carbocycles. The molecule has 0 bridgehead atoms. The molecule has 24 heavy (non-hydrogen) atoms. The minimum absolute atomic E-state index is 0.413. The van der Waals surface area contributed by atoms with Gasteiger partial charge in [-0.25, -0.2) is 4.67 Å². The van der Waals surface area contributed by atoms with Crippen LogP contribution in [0.3, 0.4) is 0 Å². The minimum Gasteiger partial charge on any atom is -0.296 e. The average Bonchev–Trinajstić information content (AvgIpc) is 2.84. The van der Waals surface area contributed by atoms with E-state index in [0.717, 1.165) is 21.7 Å². The molecule has 0 amide bonds. The number of rotatable bonds is 2. The summed E-state index contributed by atoms with van der Waals surface area (Å²) in [7, 11) is -0.870. The molecule has 1 aliphatic heterocycles. The lowest BCUT2D eigenvalue weighted by Crippen LogP contribution is -2.36. The van der Waals surface area contributed by atoms with Crippen molar-refractivity contribution in [2.24, 2.45) is 0 Å². The number of nitrogens with zero attached hydrogens (tertiary/aromatic N) is 1. The molecular formula is C21H20NOP. The summed E-state index contributed by atoms with van der Waals surface area (Å²) in [6, 6.07) is 28.3. The van der Waals surface area contributed by atoms with Crippen LogP contribution in [-0.4, -0.2) is 11.7 Å². The maximum Gasteiger partial charge on any atom is 0.208 e. The Kier molecular flexibility index (Phi) is 3.49. The van der Waals surface area contributed by atoms with Crippen molar-refractivity contribution in [2.45, 2.75) is 12.5 Å². The summed E-state index contributed by atoms with van der Waals surface area (Å²) in [5.41, 5.74) is 1.88. The van der Waals surface area contributed by atoms with E-state index in [1.807, 2.05) is 73.8 Å². The first kappa shape index (κ1) is 15.4. The zero-order chi connectivity index (χ0) is 16.8. The predicted octanol–water partition coefficient (Wildman–Crippen LogP) is 4.12. The van der Waals surface area contributed by atoms with Gasteiger partial charge in [-0.1, -0.05) is 66.7 Å². The van der Waals surface area contributed by atoms with Crippen molar-refractivity contribution in [2.75, 3.05) is 7.05 Å². The van der Waals surface area contributed by atoms with Gasteiger partial charge >= 0.3 is 0 Å². The number of fused-ring (bicyclic) bond motifs is 1. The van der Waals surface area contributed by atoms with Gasteiger partial charge in [0.05, 0.1) is 5.54 Å². The van der Waals surface area contributed by atoms with E-state index in [4.69, 9.17) is 0 Å². The van der Waals surface area contributed by atoms with Crippen molar-refractivity contribution in [1.29, 1.82) is 0 Å². The maximum atomic E-state index is 14.3. The van der Waals surface area contributed by atoms with Gasteiger partial charge in [-0.05, 0) is 43.3 Å². The topological polar surface area (TPSA) is 20.3 Å². The van der Waals surface area contributed by atoms with E-state index in [-0.39, 0.29) is 0 Å². The predicted molar refractivity (Wildman–Crippen MR) is 100 cm³/mol. The molecule has 0 fully saturated rings. The van der Waals surface area contributed by atoms with Gasteiger partial charge in [-0.15, -0.1) is 0 Å². The molecule has 1 aliphatic rings. The zero-order valence-electron chi connectivity index (χ0n) is 13.9. The normalized spacial score (nSPS) is 26.2. The molecule has 3 heteroatoms. The van der Waals surface area contributed by atoms with Crippen LogP contribution in [0.5, 0.6) is 0 Å². The van der Waals surface area contributed by atoms with Gasteiger partial charge in [-0.3, -0.25) is 4.57 Å². The lowest BCUT2D eigenvalue weighted by Gasteiger charge is -2.36. The SMILES string of the molecule is CN1[C@](C)(c2ccccc2)c2ccccc2[P@]1(=O)c1ccccc1. The Bertz CT molecular complexity index is 923. The fraction of sp³-hybridized carbons (Fsp3) is 0.143. The summed E-state index contributed by atoms with van der Waals surface area (Å²) >= 11 is 0. The maximum absolute atomic E-state index is 14.3. The van der Waals surface area contributed by atoms with Crippen molar-refractivity contribution in [3.05, 3.63) is 96.1 Å². The summed E-state index contributed by atoms with van der Waals surface area (Å²) in [5.74, 6) is 0. The van der Waals surface area contributed by atoms with Gasteiger partial charge < -0.3 is 0 Å². The molecule has 120 valence electrons. The molecule has 2 nitrogen and oxygen atoms in total. The van der Waals surface area contributed by atoms with Crippen molar-refractivity contribution < 1.29 is 4.57 Å². The molecule has 0 aliphatic carbocycles. The van der Waals surface area contributed by atoms with Gasteiger partial charge in [0.25, 0.3) is 0 Å². The van der Waals surface area contributed by atoms with Crippen molar-refractivity contribution in [3.8, 4) is 0 Å². The summed E-state index contributed by atoms with van der Waals surface area (Å²) < 4.78 is 16.4. The molecule has 0 unspecified atom stereocenters. The quantitative estimate of drug-likeness (QED) is 0.658. The molecule has 3 aromatic rings. The highest BCUT2D eigenvalue weighted by molar-refractivity contribution is 7.77. The molecule has 0 radical (unpaired) electrons. The lowest BCUT2D eigenvalue weighted by atomic mass is 9.85. The van der Waals surface area contributed by atoms with Crippen LogP contribution in [0.4, 0.5) is 0 Å². The van der Waals surface area contributed by atoms with E-state index in [0.29, 0.717) is 0 Å². The van der Waals surface area contributed by atoms with E-state index in [2.05, 4.69) is 29.8 Å². The minimum atomic E-state index is -2.86. The molecule has 0 aromatic heterocycles. The number of hydrogen-bond donors (Lipinski definition) is 0. The first-order chi connectivity index (χ1) is 11.6. The average molecular weight is 333 g/mol. The van der Waals surface area contributed by atoms with Gasteiger partial charge in [0.1, 0.15) is 0 Å². The summed E-state index contributed by atoms with van der Waals surface area (Å²) in [5, 5.41) is 1.84. The molecule has 1 heterocycles. The van der Waals surface area contributed by atoms with Crippen LogP contribution in [0.1, 0.15) is 18.1 Å². The molecule has 2 atom stereocenters. The molecule has 0 N–H and O–H groups in total. The standard InChI is InChI=1S/C21H20NOP/c1-21(17-11-5-3-6-12-17)19-15-9-10-16-20(19)24(23,22(21)2)18-13-7-4-8-14-18/h3-16H,1-2H3/t21-,24-/m1/s1. The Morgan fingerprint density at radius 1 is 0.792 bits per heavy atom. The second kappa shape index (κ2) is 5.44. The van der Waals surface area contributed by atoms with Crippen molar-refractivity contribution in [1.82, 2.24) is 4.67 Å². The third-order valence-corrected chi connectivity index (χ3v) is 8.55. The first-order valence-electron chi connectivity index (χ1n) is 8.15. The summed E-state index contributed by atoms with van der Waals surface area (Å²) in [6.45, 7) is 2.17. The Hall–Kier alpha value is -2.15. The van der Waals surface area contributed by atoms with Crippen LogP contribution >= 0.6 is 7.29 Å². The lowest BCUT2D eigenvalue weighted by molar-refractivity contribution is 0.316. The Balaban J connectivity index is 2.03. The van der Waals surface area contributed by atoms with E-state index in [9.17, 15) is 4.57 Å². The highest BCUT2D eigenvalue weighted by atomic mass is 31.2. The van der Waals surface area contributed by atoms with Crippen LogP contribution < -0.4 is 10.6 Å². The number of benzene rings is 3. The molecular weight excluding hydrogens is 313 g/mol. The van der Waals surface area contributed by atoms with Crippen LogP contribution in [0.25, 0.3) is 0 Å². The van der Waals surface area contributed by atoms with Crippen LogP contribution in [-0.2, 0) is 10.1 Å². The zero-order valence-corrected chi connectivity index (χ0v) is 14.8. The second-order valence-electron chi connectivity index (χ2n) is 6.39. The smallest absolute Gasteiger partial charge is 0.208 e. The Labute approximate surface area is 143 Å². The van der Waals surface area contributed by atoms with Gasteiger partial charge in [0, 0.05) is 10.6 Å². The summed E-state index contributed by atoms with van der Waals surface area (Å²) in [4.78, 5) is 0. The third-order valence-electron chi connectivity index (χ3n) is 5.27. The van der Waals surface area contributed by atoms with Gasteiger partial charge in [0.2, 0.25) is 7.29 Å². The van der Waals surface area contributed by atoms with E-state index < -0.39 is 12.8 Å². The fourth-order valence-electron chi connectivity index (χ4n) is 3.81. The molecule has 0 spiro atoms. The summed E-state index contributed by atoms with van der Waals surface area (Å²) in [6.07, 6.45) is 0. The van der Waals surface area contributed by atoms with Crippen molar-refractivity contribution >= 4 is 17.9 Å². The molecule has 0 saturated heterocycles.